The number of aromatic nitrogens is 2. The van der Waals surface area contributed by atoms with Gasteiger partial charge in [0, 0.05) is 0 Å². The maximum absolute atomic E-state index is 11.2. The van der Waals surface area contributed by atoms with Crippen molar-refractivity contribution in [1.82, 2.24) is 9.97 Å². The number of nitrogens with one attached hydrogen (secondary N) is 2. The highest BCUT2D eigenvalue weighted by atomic mass is 16.1. The average molecular weight is 224 g/mol. The van der Waals surface area contributed by atoms with Gasteiger partial charge in [-0.05, 0) is 5.92 Å². The molecule has 1 amide bonds. The van der Waals surface area contributed by atoms with Crippen molar-refractivity contribution in [3.05, 3.63) is 12.4 Å². The minimum absolute atomic E-state index is 0.0637. The van der Waals surface area contributed by atoms with Crippen LogP contribution in [0.15, 0.2) is 12.4 Å². The third kappa shape index (κ3) is 3.06. The Morgan fingerprint density at radius 2 is 2.00 bits per heavy atom. The van der Waals surface area contributed by atoms with E-state index >= 15 is 0 Å². The molecular weight excluding hydrogens is 208 g/mol. The zero-order chi connectivity index (χ0) is 12.1. The minimum Gasteiger partial charge on any atom is -0.368 e. The van der Waals surface area contributed by atoms with E-state index in [2.05, 4.69) is 20.7 Å². The molecule has 0 fully saturated rings. The lowest BCUT2D eigenvalue weighted by Crippen LogP contribution is -2.39. The van der Waals surface area contributed by atoms with Gasteiger partial charge in [-0.3, -0.25) is 9.78 Å². The molecule has 1 rings (SSSR count). The molecule has 0 aliphatic carbocycles. The highest BCUT2D eigenvalue weighted by molar-refractivity contribution is 5.82. The summed E-state index contributed by atoms with van der Waals surface area (Å²) >= 11 is 0. The number of amides is 1. The second-order valence-corrected chi connectivity index (χ2v) is 3.70. The summed E-state index contributed by atoms with van der Waals surface area (Å²) in [5.41, 5.74) is 7.64. The summed E-state index contributed by atoms with van der Waals surface area (Å²) in [5, 5.41) is 2.91. The summed E-state index contributed by atoms with van der Waals surface area (Å²) in [6.45, 7) is 3.78. The monoisotopic (exact) mass is 224 g/mol. The molecule has 6 N–H and O–H groups in total. The molecule has 0 bridgehead atoms. The molecule has 1 aromatic heterocycles. The second kappa shape index (κ2) is 5.26. The van der Waals surface area contributed by atoms with Gasteiger partial charge < -0.3 is 16.5 Å². The summed E-state index contributed by atoms with van der Waals surface area (Å²) < 4.78 is 0. The van der Waals surface area contributed by atoms with Gasteiger partial charge in [-0.1, -0.05) is 13.8 Å². The maximum Gasteiger partial charge on any atom is 0.240 e. The Labute approximate surface area is 93.6 Å². The predicted octanol–water partition coefficient (Wildman–Crippen LogP) is -0.316. The Hall–Kier alpha value is -1.89. The normalized spacial score (nSPS) is 12.2. The molecule has 0 aliphatic heterocycles. The number of nitrogens with zero attached hydrogens (tertiary/aromatic N) is 2. The fraction of sp³-hybridized carbons (Fsp3) is 0.444. The van der Waals surface area contributed by atoms with E-state index < -0.39 is 11.9 Å². The Morgan fingerprint density at radius 3 is 2.50 bits per heavy atom. The van der Waals surface area contributed by atoms with Crippen LogP contribution in [0.5, 0.6) is 0 Å². The molecule has 0 saturated heterocycles. The van der Waals surface area contributed by atoms with Gasteiger partial charge in [-0.2, -0.15) is 0 Å². The van der Waals surface area contributed by atoms with Gasteiger partial charge in [0.25, 0.3) is 0 Å². The van der Waals surface area contributed by atoms with Crippen molar-refractivity contribution in [2.75, 3.05) is 10.7 Å². The highest BCUT2D eigenvalue weighted by Crippen LogP contribution is 2.11. The number of hydrogen-bond donors (Lipinski definition) is 4. The molecule has 1 atom stereocenters. The van der Waals surface area contributed by atoms with E-state index in [1.165, 1.54) is 12.4 Å². The minimum atomic E-state index is -0.484. The summed E-state index contributed by atoms with van der Waals surface area (Å²) in [7, 11) is 0. The molecule has 1 heterocycles. The summed E-state index contributed by atoms with van der Waals surface area (Å²) in [6.07, 6.45) is 2.97. The van der Waals surface area contributed by atoms with Crippen LogP contribution in [0, 0.1) is 5.92 Å². The standard InChI is InChI=1S/C9H16N6O/c1-5(2)8(9(10)16)14-6-3-12-4-7(13-6)15-11/h3-5,8H,11H2,1-2H3,(H2,10,16)(H2,13,14,15). The van der Waals surface area contributed by atoms with E-state index in [1.54, 1.807) is 0 Å². The van der Waals surface area contributed by atoms with Gasteiger partial charge >= 0.3 is 0 Å². The van der Waals surface area contributed by atoms with E-state index in [0.717, 1.165) is 0 Å². The number of primary amides is 1. The summed E-state index contributed by atoms with van der Waals surface area (Å²) in [4.78, 5) is 19.2. The van der Waals surface area contributed by atoms with E-state index in [4.69, 9.17) is 11.6 Å². The number of nitrogen functional groups attached to an aromatic ring is 1. The lowest BCUT2D eigenvalue weighted by molar-refractivity contribution is -0.119. The van der Waals surface area contributed by atoms with Crippen molar-refractivity contribution in [2.45, 2.75) is 19.9 Å². The van der Waals surface area contributed by atoms with Crippen LogP contribution in [0.3, 0.4) is 0 Å². The number of carbonyl (C=O) groups is 1. The fourth-order valence-electron chi connectivity index (χ4n) is 1.23. The van der Waals surface area contributed by atoms with Gasteiger partial charge in [0.05, 0.1) is 12.4 Å². The quantitative estimate of drug-likeness (QED) is 0.402. The number of rotatable bonds is 5. The van der Waals surface area contributed by atoms with Crippen molar-refractivity contribution in [1.29, 1.82) is 0 Å². The number of hydrogen-bond acceptors (Lipinski definition) is 6. The largest absolute Gasteiger partial charge is 0.368 e. The first-order valence-corrected chi connectivity index (χ1v) is 4.89. The third-order valence-electron chi connectivity index (χ3n) is 2.06. The zero-order valence-electron chi connectivity index (χ0n) is 9.27. The number of anilines is 2. The van der Waals surface area contributed by atoms with Crippen LogP contribution in [0.1, 0.15) is 13.8 Å². The zero-order valence-corrected chi connectivity index (χ0v) is 9.27. The van der Waals surface area contributed by atoms with Gasteiger partial charge in [0.2, 0.25) is 5.91 Å². The second-order valence-electron chi connectivity index (χ2n) is 3.70. The smallest absolute Gasteiger partial charge is 0.240 e. The highest BCUT2D eigenvalue weighted by Gasteiger charge is 2.19. The van der Waals surface area contributed by atoms with Crippen molar-refractivity contribution in [2.24, 2.45) is 17.5 Å². The first kappa shape index (κ1) is 12.2. The van der Waals surface area contributed by atoms with Crippen LogP contribution in [-0.4, -0.2) is 21.9 Å². The third-order valence-corrected chi connectivity index (χ3v) is 2.06. The molecule has 0 radical (unpaired) electrons. The average Bonchev–Trinajstić information content (AvgIpc) is 2.25. The van der Waals surface area contributed by atoms with Crippen molar-refractivity contribution >= 4 is 17.5 Å². The van der Waals surface area contributed by atoms with Crippen LogP contribution in [0.4, 0.5) is 11.6 Å². The molecule has 7 heteroatoms. The predicted molar refractivity (Wildman–Crippen MR) is 61.3 cm³/mol. The molecule has 7 nitrogen and oxygen atoms in total. The van der Waals surface area contributed by atoms with Crippen molar-refractivity contribution in [3.63, 3.8) is 0 Å². The molecule has 1 aromatic rings. The van der Waals surface area contributed by atoms with E-state index in [1.807, 2.05) is 13.8 Å². The van der Waals surface area contributed by atoms with Crippen LogP contribution in [0.25, 0.3) is 0 Å². The summed E-state index contributed by atoms with van der Waals surface area (Å²) in [6, 6.07) is -0.484. The Bertz CT molecular complexity index is 367. The Kier molecular flexibility index (Phi) is 4.01. The molecule has 88 valence electrons. The molecule has 16 heavy (non-hydrogen) atoms. The lowest BCUT2D eigenvalue weighted by Gasteiger charge is -2.19. The first-order chi connectivity index (χ1) is 7.54. The van der Waals surface area contributed by atoms with Gasteiger partial charge in [0.1, 0.15) is 11.9 Å². The van der Waals surface area contributed by atoms with Crippen LogP contribution in [0.2, 0.25) is 0 Å². The topological polar surface area (TPSA) is 119 Å². The van der Waals surface area contributed by atoms with E-state index in [9.17, 15) is 4.79 Å². The van der Waals surface area contributed by atoms with Crippen LogP contribution in [-0.2, 0) is 4.79 Å². The molecule has 0 saturated carbocycles. The molecule has 0 aromatic carbocycles. The van der Waals surface area contributed by atoms with Gasteiger partial charge in [0.15, 0.2) is 5.82 Å². The number of carbonyl (C=O) groups excluding carboxylic acids is 1. The lowest BCUT2D eigenvalue weighted by atomic mass is 10.0. The Balaban J connectivity index is 2.81. The fourth-order valence-corrected chi connectivity index (χ4v) is 1.23. The SMILES string of the molecule is CC(C)C(Nc1cncc(NN)n1)C(N)=O. The summed E-state index contributed by atoms with van der Waals surface area (Å²) in [5.74, 6) is 5.70. The van der Waals surface area contributed by atoms with Gasteiger partial charge in [-0.15, -0.1) is 0 Å². The van der Waals surface area contributed by atoms with E-state index in [-0.39, 0.29) is 5.92 Å². The maximum atomic E-state index is 11.2. The van der Waals surface area contributed by atoms with E-state index in [0.29, 0.717) is 11.6 Å². The van der Waals surface area contributed by atoms with Crippen molar-refractivity contribution in [3.8, 4) is 0 Å². The van der Waals surface area contributed by atoms with Crippen molar-refractivity contribution < 1.29 is 4.79 Å². The first-order valence-electron chi connectivity index (χ1n) is 4.89. The van der Waals surface area contributed by atoms with Gasteiger partial charge in [-0.25, -0.2) is 10.8 Å². The number of nitrogens with two attached hydrogens (primary N) is 2. The Morgan fingerprint density at radius 1 is 1.38 bits per heavy atom. The van der Waals surface area contributed by atoms with Crippen LogP contribution < -0.4 is 22.3 Å². The number of hydrazine groups is 1. The molecular formula is C9H16N6O. The molecule has 0 spiro atoms. The molecule has 0 aliphatic rings. The van der Waals surface area contributed by atoms with Crippen LogP contribution >= 0.6 is 0 Å². The molecule has 1 unspecified atom stereocenters.